The van der Waals surface area contributed by atoms with Gasteiger partial charge in [-0.2, -0.15) is 0 Å². The minimum atomic E-state index is -2.17. The molecule has 0 aromatic heterocycles. The standard InChI is InChI=1S/12BH3O3.K.H2O.H/c12*2-1(3)4;;;/h12*2-4H;;1H2;. The molecule has 0 amide bonds. The molecule has 0 bridgehead atoms. The van der Waals surface area contributed by atoms with Crippen LogP contribution in [-0.2, 0) is 0 Å². The Morgan fingerprint density at radius 1 is 0.120 bits per heavy atom. The van der Waals surface area contributed by atoms with Gasteiger partial charge in [-0.05, 0) is 0 Å². The third kappa shape index (κ3) is 128000. The number of rotatable bonds is 0. The van der Waals surface area contributed by atoms with Crippen LogP contribution in [0.25, 0.3) is 0 Å². The van der Waals surface area contributed by atoms with Gasteiger partial charge in [0.15, 0.2) is 0 Å². The summed E-state index contributed by atoms with van der Waals surface area (Å²) in [6.07, 6.45) is 0. The number of hydrogen-bond donors (Lipinski definition) is 36. The molecule has 0 radical (unpaired) electrons. The molecule has 0 aliphatic rings. The van der Waals surface area contributed by atoms with Gasteiger partial charge in [-0.1, -0.05) is 0 Å². The zero-order valence-corrected chi connectivity index (χ0v) is 23.5. The van der Waals surface area contributed by atoms with Crippen LogP contribution in [0.2, 0.25) is 0 Å². The topological polar surface area (TPSA) is 760 Å². The molecule has 0 aliphatic heterocycles. The van der Waals surface area contributed by atoms with Gasteiger partial charge in [0.1, 0.15) is 0 Å². The summed E-state index contributed by atoms with van der Waals surface area (Å²) in [5.74, 6) is 0. The van der Waals surface area contributed by atoms with Gasteiger partial charge in [-0.25, -0.2) is 0 Å². The molecule has 0 aliphatic carbocycles. The summed E-state index contributed by atoms with van der Waals surface area (Å²) in [5.41, 5.74) is 0. The van der Waals surface area contributed by atoms with E-state index in [9.17, 15) is 0 Å². The van der Waals surface area contributed by atoms with Gasteiger partial charge >= 0.3 is 139 Å². The van der Waals surface area contributed by atoms with Crippen LogP contribution in [0.3, 0.4) is 0 Å². The molecule has 0 heterocycles. The van der Waals surface area contributed by atoms with E-state index in [0.717, 1.165) is 0 Å². The first-order valence-corrected chi connectivity index (χ1v) is 9.30. The third-order valence-corrected chi connectivity index (χ3v) is 0. The third-order valence-electron chi connectivity index (χ3n) is 0. The van der Waals surface area contributed by atoms with Gasteiger partial charge in [0.05, 0.1) is 0 Å². The molecule has 0 unspecified atom stereocenters. The van der Waals surface area contributed by atoms with Crippen molar-refractivity contribution in [3.05, 3.63) is 0 Å². The fourth-order valence-corrected chi connectivity index (χ4v) is 0. The van der Waals surface area contributed by atoms with Crippen LogP contribution in [0, 0.1) is 0 Å². The zero-order valence-electron chi connectivity index (χ0n) is 23.5. The van der Waals surface area contributed by atoms with Crippen molar-refractivity contribution in [3.63, 3.8) is 0 Å². The average Bonchev–Trinajstić information content (AvgIpc) is 2.61. The molecule has 0 atom stereocenters. The molecule has 37 nitrogen and oxygen atoms in total. The molecule has 298 valence electrons. The van der Waals surface area contributed by atoms with Crippen LogP contribution < -0.4 is 0 Å². The zero-order chi connectivity index (χ0) is 42.9. The Kier molecular flexibility index (Phi) is 163. The van der Waals surface area contributed by atoms with Crippen LogP contribution in [-0.4, -0.2) is 326 Å². The molecule has 0 saturated carbocycles. The van der Waals surface area contributed by atoms with Gasteiger partial charge in [0.25, 0.3) is 0 Å². The van der Waals surface area contributed by atoms with E-state index in [4.69, 9.17) is 181 Å². The van der Waals surface area contributed by atoms with Crippen LogP contribution in [0.1, 0.15) is 0 Å². The van der Waals surface area contributed by atoms with Crippen molar-refractivity contribution in [2.45, 2.75) is 0 Å². The van der Waals surface area contributed by atoms with Gasteiger partial charge in [0.2, 0.25) is 0 Å². The van der Waals surface area contributed by atoms with Crippen molar-refractivity contribution in [1.82, 2.24) is 0 Å². The van der Waals surface area contributed by atoms with E-state index in [0.29, 0.717) is 0 Å². The molecular formula is H39B12KO37. The fourth-order valence-electron chi connectivity index (χ4n) is 0. The summed E-state index contributed by atoms with van der Waals surface area (Å²) >= 11 is 0. The van der Waals surface area contributed by atoms with E-state index in [1.165, 1.54) is 0 Å². The van der Waals surface area contributed by atoms with Gasteiger partial charge in [-0.15, -0.1) is 0 Å². The molecular weight excluding hydrogens is 761 g/mol. The second-order valence-corrected chi connectivity index (χ2v) is 4.16. The second-order valence-electron chi connectivity index (χ2n) is 4.16. The Bertz CT molecular complexity index is 233. The van der Waals surface area contributed by atoms with Crippen LogP contribution in [0.15, 0.2) is 0 Å². The van der Waals surface area contributed by atoms with E-state index in [2.05, 4.69) is 0 Å². The van der Waals surface area contributed by atoms with E-state index >= 15 is 0 Å². The quantitative estimate of drug-likeness (QED) is 0.101. The molecule has 0 spiro atoms. The molecule has 0 aromatic rings. The Morgan fingerprint density at radius 3 is 0.120 bits per heavy atom. The van der Waals surface area contributed by atoms with E-state index in [1.807, 2.05) is 0 Å². The summed E-state index contributed by atoms with van der Waals surface area (Å²) in [5, 5.41) is 258. The molecule has 0 saturated heterocycles. The summed E-state index contributed by atoms with van der Waals surface area (Å²) in [4.78, 5) is 0. The molecule has 0 fully saturated rings. The summed E-state index contributed by atoms with van der Waals surface area (Å²) in [6, 6.07) is 0. The second kappa shape index (κ2) is 87.7. The normalized spacial score (nSPS) is 6.48. The van der Waals surface area contributed by atoms with E-state index < -0.39 is 87.9 Å². The van der Waals surface area contributed by atoms with Gasteiger partial charge < -0.3 is 186 Å². The molecule has 50 heteroatoms. The monoisotopic (exact) mass is 802 g/mol. The predicted octanol–water partition coefficient (Wildman–Crippen LogP) is -26.1. The van der Waals surface area contributed by atoms with Crippen molar-refractivity contribution in [1.29, 1.82) is 0 Å². The maximum absolute atomic E-state index is 7.17. The Morgan fingerprint density at radius 2 is 0.120 bits per heavy atom. The summed E-state index contributed by atoms with van der Waals surface area (Å²) in [6.45, 7) is 0. The maximum atomic E-state index is 7.17. The van der Waals surface area contributed by atoms with Crippen molar-refractivity contribution >= 4 is 139 Å². The Hall–Kier alpha value is 0.936. The number of hydrogen-bond acceptors (Lipinski definition) is 36. The molecule has 50 heavy (non-hydrogen) atoms. The first-order valence-electron chi connectivity index (χ1n) is 9.30. The summed E-state index contributed by atoms with van der Waals surface area (Å²) < 4.78 is 0. The van der Waals surface area contributed by atoms with Crippen molar-refractivity contribution in [2.75, 3.05) is 0 Å². The fraction of sp³-hybridized carbons (Fsp3) is 0. The van der Waals surface area contributed by atoms with Gasteiger partial charge in [-0.3, -0.25) is 0 Å². The van der Waals surface area contributed by atoms with Crippen molar-refractivity contribution in [3.8, 4) is 0 Å². The Balaban J connectivity index is -0.0000000235. The Labute approximate surface area is 324 Å². The van der Waals surface area contributed by atoms with Crippen LogP contribution in [0.5, 0.6) is 0 Å². The first kappa shape index (κ1) is 93.1. The molecule has 0 rings (SSSR count). The molecule has 0 aromatic carbocycles. The van der Waals surface area contributed by atoms with E-state index in [1.54, 1.807) is 0 Å². The SMILES string of the molecule is O.OB(O)O.OB(O)O.OB(O)O.OB(O)O.OB(O)O.OB(O)O.OB(O)O.OB(O)O.OB(O)O.OB(O)O.OB(O)O.OB(O)O.[KH]. The average molecular weight is 800 g/mol. The summed E-state index contributed by atoms with van der Waals surface area (Å²) in [7, 11) is -26.0. The van der Waals surface area contributed by atoms with Crippen molar-refractivity contribution in [2.24, 2.45) is 0 Å². The van der Waals surface area contributed by atoms with Crippen LogP contribution in [0.4, 0.5) is 0 Å². The minimum absolute atomic E-state index is 0. The molecule has 38 N–H and O–H groups in total. The van der Waals surface area contributed by atoms with Crippen LogP contribution >= 0.6 is 0 Å². The van der Waals surface area contributed by atoms with Crippen molar-refractivity contribution < 1.29 is 186 Å². The van der Waals surface area contributed by atoms with Gasteiger partial charge in [0, 0.05) is 0 Å². The predicted molar refractivity (Wildman–Crippen MR) is 160 cm³/mol. The first-order chi connectivity index (χ1) is 20.8. The van der Waals surface area contributed by atoms with E-state index in [-0.39, 0.29) is 56.9 Å².